The molecule has 37 heavy (non-hydrogen) atoms. The summed E-state index contributed by atoms with van der Waals surface area (Å²) in [7, 11) is -1.61. The zero-order valence-corrected chi connectivity index (χ0v) is 21.5. The summed E-state index contributed by atoms with van der Waals surface area (Å²) in [4.78, 5) is 29.6. The highest BCUT2D eigenvalue weighted by Gasteiger charge is 2.40. The molecule has 0 spiro atoms. The first-order valence-corrected chi connectivity index (χ1v) is 13.3. The Bertz CT molecular complexity index is 1030. The third-order valence-corrected chi connectivity index (χ3v) is 7.03. The highest BCUT2D eigenvalue weighted by molar-refractivity contribution is 6.59. The molecule has 1 fully saturated rings. The van der Waals surface area contributed by atoms with Gasteiger partial charge in [0, 0.05) is 6.17 Å². The van der Waals surface area contributed by atoms with Crippen LogP contribution < -0.4 is 9.72 Å². The summed E-state index contributed by atoms with van der Waals surface area (Å²) in [6.45, 7) is 4.04. The fraction of sp³-hybridized carbons (Fsp3) is 0.545. The van der Waals surface area contributed by atoms with Gasteiger partial charge in [-0.1, -0.05) is 35.4 Å². The number of nitrogens with one attached hydrogen (secondary N) is 1. The van der Waals surface area contributed by atoms with Crippen molar-refractivity contribution in [3.63, 3.8) is 0 Å². The summed E-state index contributed by atoms with van der Waals surface area (Å²) >= 11 is 0. The summed E-state index contributed by atoms with van der Waals surface area (Å²) in [5, 5.41) is 7.57. The molecule has 1 atom stereocenters. The van der Waals surface area contributed by atoms with Gasteiger partial charge < -0.3 is 23.6 Å². The Labute approximate surface area is 212 Å². The van der Waals surface area contributed by atoms with Gasteiger partial charge in [0.15, 0.2) is 8.96 Å². The first-order chi connectivity index (χ1) is 17.4. The number of benzene rings is 1. The molecule has 1 aliphatic heterocycles. The van der Waals surface area contributed by atoms with E-state index in [2.05, 4.69) is 19.9 Å². The minimum atomic E-state index is -4.78. The predicted molar refractivity (Wildman–Crippen MR) is 122 cm³/mol. The van der Waals surface area contributed by atoms with Crippen molar-refractivity contribution in [1.29, 1.82) is 0 Å². The number of rotatable bonds is 8. The smallest absolute Gasteiger partial charge is 0.447 e. The lowest BCUT2D eigenvalue weighted by atomic mass is 10.2. The molecule has 2 heterocycles. The van der Waals surface area contributed by atoms with E-state index in [0.717, 1.165) is 5.56 Å². The highest BCUT2D eigenvalue weighted by atomic mass is 28.3. The van der Waals surface area contributed by atoms with Gasteiger partial charge in [-0.15, -0.1) is 18.3 Å². The predicted octanol–water partition coefficient (Wildman–Crippen LogP) is 4.12. The molecule has 0 bridgehead atoms. The van der Waals surface area contributed by atoms with Crippen LogP contribution in [0.1, 0.15) is 44.7 Å². The fourth-order valence-electron chi connectivity index (χ4n) is 3.34. The molecule has 0 unspecified atom stereocenters. The molecule has 0 aliphatic carbocycles. The molecule has 1 N–H and O–H groups in total. The lowest BCUT2D eigenvalue weighted by Gasteiger charge is -2.37. The van der Waals surface area contributed by atoms with Crippen LogP contribution in [0.3, 0.4) is 0 Å². The van der Waals surface area contributed by atoms with Gasteiger partial charge in [0.2, 0.25) is 5.89 Å². The van der Waals surface area contributed by atoms with Gasteiger partial charge in [-0.3, -0.25) is 9.64 Å². The largest absolute Gasteiger partial charge is 0.522 e. The van der Waals surface area contributed by atoms with Crippen molar-refractivity contribution in [3.8, 4) is 6.08 Å². The summed E-state index contributed by atoms with van der Waals surface area (Å²) in [6, 6.07) is 9.08. The van der Waals surface area contributed by atoms with Crippen molar-refractivity contribution in [2.75, 3.05) is 19.4 Å². The third-order valence-electron chi connectivity index (χ3n) is 4.86. The van der Waals surface area contributed by atoms with Crippen LogP contribution in [-0.2, 0) is 20.8 Å². The minimum absolute atomic E-state index is 0.0327. The van der Waals surface area contributed by atoms with E-state index >= 15 is 0 Å². The number of carbonyl (C=O) groups is 2. The second kappa shape index (κ2) is 12.3. The number of aromatic nitrogens is 2. The van der Waals surface area contributed by atoms with Crippen LogP contribution in [0.25, 0.3) is 0 Å². The quantitative estimate of drug-likeness (QED) is 0.385. The van der Waals surface area contributed by atoms with Crippen LogP contribution in [0.4, 0.5) is 22.8 Å². The van der Waals surface area contributed by atoms with Gasteiger partial charge in [-0.05, 0) is 38.8 Å². The molecular formula is C22H28F3N4O7Si. The molecule has 1 saturated heterocycles. The maximum absolute atomic E-state index is 13.0. The van der Waals surface area contributed by atoms with E-state index in [1.807, 2.05) is 30.3 Å². The second-order valence-electron chi connectivity index (χ2n) is 9.00. The number of halogens is 3. The Kier molecular flexibility index (Phi) is 9.37. The number of amides is 2. The molecule has 1 aromatic heterocycles. The number of hydrogen-bond donors (Lipinski definition) is 1. The van der Waals surface area contributed by atoms with Crippen LogP contribution in [0.5, 0.6) is 6.08 Å². The minimum Gasteiger partial charge on any atom is -0.447 e. The molecular weight excluding hydrogens is 517 g/mol. The van der Waals surface area contributed by atoms with Crippen molar-refractivity contribution >= 4 is 21.1 Å². The molecule has 1 radical (unpaired) electrons. The first kappa shape index (κ1) is 28.2. The summed E-state index contributed by atoms with van der Waals surface area (Å²) in [5.41, 5.74) is 0.0589. The first-order valence-electron chi connectivity index (χ1n) is 11.4. The van der Waals surface area contributed by atoms with Gasteiger partial charge in [0.1, 0.15) is 24.9 Å². The zero-order valence-electron chi connectivity index (χ0n) is 20.5. The van der Waals surface area contributed by atoms with Crippen molar-refractivity contribution in [2.24, 2.45) is 0 Å². The zero-order chi connectivity index (χ0) is 27.1. The summed E-state index contributed by atoms with van der Waals surface area (Å²) in [5.74, 6) is 0.0327. The molecule has 11 nitrogen and oxygen atoms in total. The fourth-order valence-corrected chi connectivity index (χ4v) is 5.44. The second-order valence-corrected chi connectivity index (χ2v) is 11.3. The number of hydrogen-bond acceptors (Lipinski definition) is 9. The molecule has 15 heteroatoms. The number of ether oxygens (including phenoxy) is 4. The standard InChI is InChI=1S/C22H28F3N4O7Si/c1-21(2,3)36-20(31)29-14-37(28-18(30)33-13-15-7-5-4-6-8-15)12-9-16(29)17-26-27-19(35-17)32-10-11-34-22(23,24)25/h4-8,16H,9-14H2,1-3H3,(H,28,30)/t16-/m1/s1. The average molecular weight is 546 g/mol. The number of carbonyl (C=O) groups excluding carboxylic acids is 2. The Hall–Kier alpha value is -3.33. The highest BCUT2D eigenvalue weighted by Crippen LogP contribution is 2.32. The van der Waals surface area contributed by atoms with Crippen LogP contribution in [0.15, 0.2) is 34.7 Å². The Morgan fingerprint density at radius 1 is 1.16 bits per heavy atom. The van der Waals surface area contributed by atoms with Crippen LogP contribution in [0, 0.1) is 0 Å². The SMILES string of the molecule is CC(C)(C)OC(=O)N1C[Si](NC(=O)OCc2ccccc2)CC[C@@H]1c1nnc(OCCOC(F)(F)F)o1. The van der Waals surface area contributed by atoms with E-state index in [0.29, 0.717) is 12.5 Å². The third kappa shape index (κ3) is 9.57. The molecule has 203 valence electrons. The maximum Gasteiger partial charge on any atom is 0.522 e. The van der Waals surface area contributed by atoms with Gasteiger partial charge in [0.05, 0.1) is 6.61 Å². The van der Waals surface area contributed by atoms with E-state index in [4.69, 9.17) is 18.6 Å². The van der Waals surface area contributed by atoms with Crippen molar-refractivity contribution in [2.45, 2.75) is 57.8 Å². The Morgan fingerprint density at radius 2 is 1.89 bits per heavy atom. The normalized spacial score (nSPS) is 16.8. The van der Waals surface area contributed by atoms with Crippen molar-refractivity contribution in [3.05, 3.63) is 41.8 Å². The molecule has 1 aliphatic rings. The van der Waals surface area contributed by atoms with Gasteiger partial charge in [-0.2, -0.15) is 0 Å². The number of alkyl halides is 3. The maximum atomic E-state index is 13.0. The van der Waals surface area contributed by atoms with Gasteiger partial charge in [-0.25, -0.2) is 9.59 Å². The molecule has 0 saturated carbocycles. The monoisotopic (exact) mass is 545 g/mol. The molecule has 2 aromatic rings. The van der Waals surface area contributed by atoms with E-state index in [9.17, 15) is 22.8 Å². The lowest BCUT2D eigenvalue weighted by Crippen LogP contribution is -2.54. The summed E-state index contributed by atoms with van der Waals surface area (Å²) in [6.07, 6.45) is -5.83. The van der Waals surface area contributed by atoms with Crippen LogP contribution in [-0.4, -0.2) is 67.6 Å². The molecule has 3 rings (SSSR count). The van der Waals surface area contributed by atoms with E-state index in [-0.39, 0.29) is 24.7 Å². The van der Waals surface area contributed by atoms with E-state index in [1.165, 1.54) is 4.90 Å². The van der Waals surface area contributed by atoms with Crippen molar-refractivity contribution in [1.82, 2.24) is 20.1 Å². The average Bonchev–Trinajstić information content (AvgIpc) is 3.28. The number of nitrogens with zero attached hydrogens (tertiary/aromatic N) is 3. The molecule has 1 aromatic carbocycles. The van der Waals surface area contributed by atoms with E-state index < -0.39 is 52.4 Å². The molecule has 2 amide bonds. The topological polar surface area (TPSA) is 125 Å². The van der Waals surface area contributed by atoms with Gasteiger partial charge in [0.25, 0.3) is 0 Å². The summed E-state index contributed by atoms with van der Waals surface area (Å²) < 4.78 is 61.2. The van der Waals surface area contributed by atoms with Gasteiger partial charge >= 0.3 is 24.6 Å². The Morgan fingerprint density at radius 3 is 2.57 bits per heavy atom. The Balaban J connectivity index is 1.61. The lowest BCUT2D eigenvalue weighted by molar-refractivity contribution is -0.325. The van der Waals surface area contributed by atoms with Crippen LogP contribution in [0.2, 0.25) is 6.04 Å². The van der Waals surface area contributed by atoms with Crippen LogP contribution >= 0.6 is 0 Å². The van der Waals surface area contributed by atoms with E-state index in [1.54, 1.807) is 20.8 Å². The van der Waals surface area contributed by atoms with Crippen molar-refractivity contribution < 1.29 is 46.1 Å².